The Morgan fingerprint density at radius 1 is 1.08 bits per heavy atom. The molecule has 6 rings (SSSR count). The van der Waals surface area contributed by atoms with Gasteiger partial charge < -0.3 is 19.5 Å². The van der Waals surface area contributed by atoms with Gasteiger partial charge in [0.25, 0.3) is 5.91 Å². The first kappa shape index (κ1) is 23.5. The van der Waals surface area contributed by atoms with Crippen LogP contribution < -0.4 is 10.1 Å². The maximum absolute atomic E-state index is 12.4. The maximum atomic E-state index is 12.4. The van der Waals surface area contributed by atoms with Gasteiger partial charge in [-0.1, -0.05) is 23.7 Å². The van der Waals surface area contributed by atoms with Crippen molar-refractivity contribution in [2.75, 3.05) is 11.9 Å². The van der Waals surface area contributed by atoms with Crippen LogP contribution in [-0.4, -0.2) is 37.2 Å². The molecule has 0 unspecified atom stereocenters. The summed E-state index contributed by atoms with van der Waals surface area (Å²) in [7, 11) is 0. The van der Waals surface area contributed by atoms with Crippen molar-refractivity contribution in [3.8, 4) is 28.3 Å². The van der Waals surface area contributed by atoms with Crippen LogP contribution in [0.2, 0.25) is 5.02 Å². The van der Waals surface area contributed by atoms with Crippen LogP contribution in [0.5, 0.6) is 5.75 Å². The third-order valence-electron chi connectivity index (χ3n) is 5.90. The van der Waals surface area contributed by atoms with Gasteiger partial charge in [-0.05, 0) is 60.2 Å². The van der Waals surface area contributed by atoms with Gasteiger partial charge in [-0.3, -0.25) is 9.48 Å². The monoisotopic (exact) mass is 524 g/mol. The zero-order valence-corrected chi connectivity index (χ0v) is 20.7. The molecule has 0 aliphatic heterocycles. The minimum absolute atomic E-state index is 0.218. The van der Waals surface area contributed by atoms with Crippen LogP contribution in [0.1, 0.15) is 10.6 Å². The maximum Gasteiger partial charge on any atom is 0.291 e. The molecule has 0 aliphatic rings. The molecule has 4 aromatic heterocycles. The van der Waals surface area contributed by atoms with E-state index in [0.717, 1.165) is 22.4 Å². The van der Waals surface area contributed by atoms with Crippen molar-refractivity contribution in [3.63, 3.8) is 0 Å². The van der Waals surface area contributed by atoms with Crippen LogP contribution in [0.15, 0.2) is 96.0 Å². The summed E-state index contributed by atoms with van der Waals surface area (Å²) in [6.45, 7) is 1.21. The third-order valence-corrected chi connectivity index (χ3v) is 6.23. The third kappa shape index (κ3) is 5.00. The summed E-state index contributed by atoms with van der Waals surface area (Å²) in [5.74, 6) is 1.20. The van der Waals surface area contributed by atoms with E-state index >= 15 is 0 Å². The molecule has 0 saturated carbocycles. The highest BCUT2D eigenvalue weighted by Gasteiger charge is 2.14. The number of aromatic amines is 1. The number of H-pyrrole nitrogens is 1. The number of benzene rings is 2. The van der Waals surface area contributed by atoms with Crippen LogP contribution in [0.3, 0.4) is 0 Å². The predicted octanol–water partition coefficient (Wildman–Crippen LogP) is 6.07. The van der Waals surface area contributed by atoms with E-state index < -0.39 is 0 Å². The smallest absolute Gasteiger partial charge is 0.291 e. The Hall–Kier alpha value is -4.89. The number of pyridine rings is 1. The van der Waals surface area contributed by atoms with Gasteiger partial charge in [0.05, 0.1) is 23.3 Å². The van der Waals surface area contributed by atoms with E-state index in [4.69, 9.17) is 20.8 Å². The summed E-state index contributed by atoms with van der Waals surface area (Å²) in [6, 6.07) is 20.2. The highest BCUT2D eigenvalue weighted by atomic mass is 35.5. The van der Waals surface area contributed by atoms with Crippen LogP contribution >= 0.6 is 11.6 Å². The topological polar surface area (TPSA) is 111 Å². The average molecular weight is 525 g/mol. The number of amides is 1. The molecule has 0 spiro atoms. The lowest BCUT2D eigenvalue weighted by Gasteiger charge is -2.07. The second-order valence-electron chi connectivity index (χ2n) is 8.45. The summed E-state index contributed by atoms with van der Waals surface area (Å²) in [6.07, 6.45) is 6.88. The SMILES string of the molecule is O=C(Nc1ccc(Cl)c(-c2nc3ncc(-c4ccc(OCCn5cccn5)cc4)cc3[nH]2)c1)c1ccco1. The number of hydrogen-bond donors (Lipinski definition) is 2. The first-order valence-corrected chi connectivity index (χ1v) is 12.2. The van der Waals surface area contributed by atoms with Gasteiger partial charge in [0.15, 0.2) is 11.4 Å². The molecule has 38 heavy (non-hydrogen) atoms. The average Bonchev–Trinajstić information content (AvgIpc) is 3.72. The summed E-state index contributed by atoms with van der Waals surface area (Å²) < 4.78 is 12.8. The molecular formula is C28H21ClN6O3. The lowest BCUT2D eigenvalue weighted by molar-refractivity contribution is 0.0996. The Morgan fingerprint density at radius 3 is 2.76 bits per heavy atom. The molecule has 0 aliphatic carbocycles. The number of furan rings is 1. The number of carbonyl (C=O) groups is 1. The van der Waals surface area contributed by atoms with Gasteiger partial charge in [0.1, 0.15) is 18.2 Å². The molecule has 188 valence electrons. The number of anilines is 1. The number of ether oxygens (including phenoxy) is 1. The van der Waals surface area contributed by atoms with Gasteiger partial charge >= 0.3 is 0 Å². The molecule has 0 fully saturated rings. The summed E-state index contributed by atoms with van der Waals surface area (Å²) in [4.78, 5) is 24.8. The van der Waals surface area contributed by atoms with E-state index in [1.165, 1.54) is 6.26 Å². The van der Waals surface area contributed by atoms with E-state index in [2.05, 4.69) is 25.4 Å². The lowest BCUT2D eigenvalue weighted by Crippen LogP contribution is -2.10. The summed E-state index contributed by atoms with van der Waals surface area (Å²) in [5.41, 5.74) is 4.45. The van der Waals surface area contributed by atoms with E-state index in [-0.39, 0.29) is 11.7 Å². The highest BCUT2D eigenvalue weighted by molar-refractivity contribution is 6.33. The first-order valence-electron chi connectivity index (χ1n) is 11.8. The second-order valence-corrected chi connectivity index (χ2v) is 8.86. The van der Waals surface area contributed by atoms with Gasteiger partial charge in [0.2, 0.25) is 0 Å². The van der Waals surface area contributed by atoms with E-state index in [1.807, 2.05) is 47.3 Å². The fraction of sp³-hybridized carbons (Fsp3) is 0.0714. The Bertz CT molecular complexity index is 1690. The number of halogens is 1. The largest absolute Gasteiger partial charge is 0.492 e. The van der Waals surface area contributed by atoms with Gasteiger partial charge in [-0.2, -0.15) is 5.10 Å². The molecule has 0 saturated heterocycles. The molecule has 2 N–H and O–H groups in total. The van der Waals surface area contributed by atoms with Crippen molar-refractivity contribution >= 4 is 34.4 Å². The van der Waals surface area contributed by atoms with Crippen molar-refractivity contribution in [3.05, 3.63) is 102 Å². The molecule has 9 nitrogen and oxygen atoms in total. The fourth-order valence-electron chi connectivity index (χ4n) is 4.00. The van der Waals surface area contributed by atoms with E-state index in [0.29, 0.717) is 40.9 Å². The minimum Gasteiger partial charge on any atom is -0.492 e. The Labute approximate surface area is 222 Å². The molecule has 2 aromatic carbocycles. The number of rotatable bonds is 8. The normalized spacial score (nSPS) is 11.1. The Kier molecular flexibility index (Phi) is 6.33. The second kappa shape index (κ2) is 10.2. The van der Waals surface area contributed by atoms with Crippen molar-refractivity contribution in [1.29, 1.82) is 0 Å². The van der Waals surface area contributed by atoms with Gasteiger partial charge in [-0.15, -0.1) is 0 Å². The standard InChI is InChI=1S/C28H21ClN6O3/c29-23-9-6-20(32-28(36)25-3-1-13-38-25)16-22(23)26-33-24-15-19(17-30-27(24)34-26)18-4-7-21(8-5-18)37-14-12-35-11-2-10-31-35/h1-11,13,15-17H,12,14H2,(H,32,36)(H,30,33,34). The molecule has 4 heterocycles. The molecule has 6 aromatic rings. The number of fused-ring (bicyclic) bond motifs is 1. The molecule has 1 amide bonds. The quantitative estimate of drug-likeness (QED) is 0.250. The predicted molar refractivity (Wildman–Crippen MR) is 144 cm³/mol. The van der Waals surface area contributed by atoms with Crippen molar-refractivity contribution < 1.29 is 13.9 Å². The van der Waals surface area contributed by atoms with Crippen LogP contribution in [0.25, 0.3) is 33.7 Å². The van der Waals surface area contributed by atoms with Gasteiger partial charge in [0, 0.05) is 35.4 Å². The summed E-state index contributed by atoms with van der Waals surface area (Å²) in [5, 5.41) is 7.47. The Balaban J connectivity index is 1.19. The van der Waals surface area contributed by atoms with Crippen LogP contribution in [0.4, 0.5) is 5.69 Å². The van der Waals surface area contributed by atoms with Crippen molar-refractivity contribution in [2.24, 2.45) is 0 Å². The van der Waals surface area contributed by atoms with Crippen molar-refractivity contribution in [2.45, 2.75) is 6.54 Å². The molecule has 0 bridgehead atoms. The van der Waals surface area contributed by atoms with Crippen LogP contribution in [0, 0.1) is 0 Å². The highest BCUT2D eigenvalue weighted by Crippen LogP contribution is 2.31. The van der Waals surface area contributed by atoms with E-state index in [1.54, 1.807) is 42.7 Å². The van der Waals surface area contributed by atoms with Crippen LogP contribution in [-0.2, 0) is 6.54 Å². The minimum atomic E-state index is -0.353. The zero-order chi connectivity index (χ0) is 25.9. The number of hydrogen-bond acceptors (Lipinski definition) is 6. The molecule has 10 heteroatoms. The summed E-state index contributed by atoms with van der Waals surface area (Å²) >= 11 is 6.47. The molecule has 0 radical (unpaired) electrons. The van der Waals surface area contributed by atoms with E-state index in [9.17, 15) is 4.79 Å². The zero-order valence-electron chi connectivity index (χ0n) is 20.0. The van der Waals surface area contributed by atoms with Crippen molar-refractivity contribution in [1.82, 2.24) is 24.7 Å². The fourth-order valence-corrected chi connectivity index (χ4v) is 4.21. The Morgan fingerprint density at radius 2 is 1.97 bits per heavy atom. The number of carbonyl (C=O) groups excluding carboxylic acids is 1. The number of nitrogens with zero attached hydrogens (tertiary/aromatic N) is 4. The molecule has 0 atom stereocenters. The first-order chi connectivity index (χ1) is 18.6. The number of nitrogens with one attached hydrogen (secondary N) is 2. The van der Waals surface area contributed by atoms with Gasteiger partial charge in [-0.25, -0.2) is 9.97 Å². The lowest BCUT2D eigenvalue weighted by atomic mass is 10.1. The number of imidazole rings is 1. The molecular weight excluding hydrogens is 504 g/mol. The number of aromatic nitrogens is 5.